The molecular weight excluding hydrogens is 1040 g/mol. The Morgan fingerprint density at radius 3 is 1.15 bits per heavy atom. The largest absolute Gasteiger partial charge is 0.756 e. The Hall–Kier alpha value is -2.55. The van der Waals surface area contributed by atoms with E-state index in [0.717, 1.165) is 89.9 Å². The minimum absolute atomic E-state index is 0.0253. The van der Waals surface area contributed by atoms with Gasteiger partial charge >= 0.3 is 5.97 Å². The van der Waals surface area contributed by atoms with Crippen molar-refractivity contribution in [1.82, 2.24) is 5.32 Å². The first-order valence-electron chi connectivity index (χ1n) is 34.7. The van der Waals surface area contributed by atoms with Crippen molar-refractivity contribution in [2.24, 2.45) is 0 Å². The van der Waals surface area contributed by atoms with Crippen LogP contribution in [0.15, 0.2) is 72.9 Å². The number of unbranched alkanes of at least 4 members (excludes halogenated alkanes) is 37. The van der Waals surface area contributed by atoms with E-state index >= 15 is 0 Å². The molecule has 0 aromatic carbocycles. The number of amides is 1. The third-order valence-electron chi connectivity index (χ3n) is 15.4. The highest BCUT2D eigenvalue weighted by Gasteiger charge is 2.27. The standard InChI is InChI=1S/C72H133N2O7P/c1-7-10-13-16-19-22-25-28-30-32-34-35-36-37-38-39-41-42-44-46-49-52-55-58-61-64-71(75)73-69(68-80-82(77,78)79-67-66-74(4,5)6)70(63-60-57-54-51-48-27-24-21-18-15-12-9-3)81-72(76)65-62-59-56-53-50-47-45-43-40-33-31-29-26-23-20-17-14-11-8-2/h19,22,28-31,34-35,37-38,60,63,69-70H,7-18,20-21,23-27,32-33,36,39-59,61-62,64-68H2,1-6H3,(H-,73,75,77,78)/b22-19-,30-28-,31-29+,35-34-,38-37-,63-60-. The summed E-state index contributed by atoms with van der Waals surface area (Å²) < 4.78 is 30.4. The molecule has 3 atom stereocenters. The summed E-state index contributed by atoms with van der Waals surface area (Å²) in [4.78, 5) is 40.1. The topological polar surface area (TPSA) is 114 Å². The van der Waals surface area contributed by atoms with Crippen molar-refractivity contribution >= 4 is 19.7 Å². The number of quaternary nitrogens is 1. The van der Waals surface area contributed by atoms with Gasteiger partial charge in [-0.2, -0.15) is 0 Å². The maximum atomic E-state index is 13.6. The van der Waals surface area contributed by atoms with Gasteiger partial charge in [0.1, 0.15) is 19.3 Å². The molecule has 0 spiro atoms. The third-order valence-corrected chi connectivity index (χ3v) is 16.3. The number of hydrogen-bond acceptors (Lipinski definition) is 7. The third kappa shape index (κ3) is 62.0. The Labute approximate surface area is 508 Å². The van der Waals surface area contributed by atoms with E-state index in [4.69, 9.17) is 13.8 Å². The van der Waals surface area contributed by atoms with Gasteiger partial charge in [-0.25, -0.2) is 0 Å². The van der Waals surface area contributed by atoms with Crippen LogP contribution in [0.2, 0.25) is 0 Å². The summed E-state index contributed by atoms with van der Waals surface area (Å²) in [5, 5.41) is 3.04. The molecule has 0 fully saturated rings. The zero-order valence-corrected chi connectivity index (χ0v) is 55.6. The molecule has 0 radical (unpaired) electrons. The Morgan fingerprint density at radius 1 is 0.427 bits per heavy atom. The number of ether oxygens (including phenoxy) is 1. The van der Waals surface area contributed by atoms with Gasteiger partial charge in [-0.3, -0.25) is 14.2 Å². The summed E-state index contributed by atoms with van der Waals surface area (Å²) in [5.74, 6) is -0.543. The van der Waals surface area contributed by atoms with Crippen LogP contribution in [0.3, 0.4) is 0 Å². The van der Waals surface area contributed by atoms with Gasteiger partial charge in [-0.1, -0.05) is 280 Å². The van der Waals surface area contributed by atoms with Gasteiger partial charge in [0.2, 0.25) is 5.91 Å². The number of hydrogen-bond donors (Lipinski definition) is 1. The van der Waals surface area contributed by atoms with E-state index in [-0.39, 0.29) is 24.9 Å². The highest BCUT2D eigenvalue weighted by Crippen LogP contribution is 2.38. The second-order valence-corrected chi connectivity index (χ2v) is 26.1. The summed E-state index contributed by atoms with van der Waals surface area (Å²) in [5.41, 5.74) is 0. The highest BCUT2D eigenvalue weighted by molar-refractivity contribution is 7.45. The number of allylic oxidation sites excluding steroid dienone is 11. The van der Waals surface area contributed by atoms with Gasteiger partial charge < -0.3 is 28.5 Å². The number of nitrogens with one attached hydrogen (secondary N) is 1. The van der Waals surface area contributed by atoms with Gasteiger partial charge in [0.05, 0.1) is 33.8 Å². The van der Waals surface area contributed by atoms with Crippen LogP contribution in [0, 0.1) is 0 Å². The molecule has 3 unspecified atom stereocenters. The van der Waals surface area contributed by atoms with Crippen LogP contribution in [-0.4, -0.2) is 69.4 Å². The quantitative estimate of drug-likeness (QED) is 0.0212. The second kappa shape index (κ2) is 61.5. The molecule has 0 bridgehead atoms. The molecule has 1 amide bonds. The Bertz CT molecular complexity index is 1630. The van der Waals surface area contributed by atoms with Gasteiger partial charge in [0.25, 0.3) is 7.82 Å². The molecule has 0 saturated heterocycles. The first-order chi connectivity index (χ1) is 39.9. The van der Waals surface area contributed by atoms with Gasteiger partial charge in [0.15, 0.2) is 0 Å². The SMILES string of the molecule is CCCCC/C=C\C/C=C\C/C=C\C/C=C\CCCCCCCCCCCC(=O)NC(COP(=O)([O-])OCC[N+](C)(C)C)C(/C=C\CCCCCCCCCCCC)OC(=O)CCCCCCCCCCC/C=C/CCCCCCCC. The van der Waals surface area contributed by atoms with Crippen LogP contribution in [0.4, 0.5) is 0 Å². The lowest BCUT2D eigenvalue weighted by Crippen LogP contribution is -2.47. The minimum atomic E-state index is -4.71. The minimum Gasteiger partial charge on any atom is -0.756 e. The van der Waals surface area contributed by atoms with E-state index in [1.165, 1.54) is 199 Å². The summed E-state index contributed by atoms with van der Waals surface area (Å²) in [6.45, 7) is 6.83. The number of esters is 1. The van der Waals surface area contributed by atoms with Crippen LogP contribution in [-0.2, 0) is 27.9 Å². The average Bonchev–Trinajstić information content (AvgIpc) is 3.44. The summed E-state index contributed by atoms with van der Waals surface area (Å²) in [7, 11) is 1.18. The normalized spacial score (nSPS) is 14.0. The van der Waals surface area contributed by atoms with Crippen molar-refractivity contribution in [3.63, 3.8) is 0 Å². The van der Waals surface area contributed by atoms with Crippen LogP contribution in [0.5, 0.6) is 0 Å². The lowest BCUT2D eigenvalue weighted by atomic mass is 10.0. The van der Waals surface area contributed by atoms with Crippen molar-refractivity contribution in [1.29, 1.82) is 0 Å². The van der Waals surface area contributed by atoms with E-state index < -0.39 is 26.6 Å². The Morgan fingerprint density at radius 2 is 0.744 bits per heavy atom. The summed E-state index contributed by atoms with van der Waals surface area (Å²) in [6, 6.07) is -0.895. The number of carbonyl (C=O) groups is 2. The Balaban J connectivity index is 5.11. The monoisotopic (exact) mass is 1170 g/mol. The molecule has 0 aliphatic rings. The molecule has 0 heterocycles. The lowest BCUT2D eigenvalue weighted by Gasteiger charge is -2.30. The zero-order valence-electron chi connectivity index (χ0n) is 54.7. The van der Waals surface area contributed by atoms with Crippen molar-refractivity contribution in [3.8, 4) is 0 Å². The number of likely N-dealkylation sites (N-methyl/N-ethyl adjacent to an activating group) is 1. The predicted octanol–water partition coefficient (Wildman–Crippen LogP) is 21.3. The van der Waals surface area contributed by atoms with E-state index in [1.807, 2.05) is 33.3 Å². The maximum absolute atomic E-state index is 13.6. The van der Waals surface area contributed by atoms with Gasteiger partial charge in [-0.15, -0.1) is 0 Å². The van der Waals surface area contributed by atoms with E-state index in [1.54, 1.807) is 0 Å². The van der Waals surface area contributed by atoms with E-state index in [0.29, 0.717) is 17.4 Å². The van der Waals surface area contributed by atoms with Crippen molar-refractivity contribution < 1.29 is 37.3 Å². The maximum Gasteiger partial charge on any atom is 0.306 e. The molecule has 0 aromatic heterocycles. The fraction of sp³-hybridized carbons (Fsp3) is 0.806. The summed E-state index contributed by atoms with van der Waals surface area (Å²) >= 11 is 0. The number of phosphoric ester groups is 1. The predicted molar refractivity (Wildman–Crippen MR) is 353 cm³/mol. The van der Waals surface area contributed by atoms with Crippen LogP contribution in [0.25, 0.3) is 0 Å². The number of carbonyl (C=O) groups excluding carboxylic acids is 2. The van der Waals surface area contributed by atoms with Crippen molar-refractivity contribution in [2.45, 2.75) is 335 Å². The second-order valence-electron chi connectivity index (χ2n) is 24.7. The molecule has 478 valence electrons. The molecule has 0 aromatic rings. The lowest BCUT2D eigenvalue weighted by molar-refractivity contribution is -0.870. The van der Waals surface area contributed by atoms with E-state index in [2.05, 4.69) is 86.8 Å². The smallest absolute Gasteiger partial charge is 0.306 e. The first kappa shape index (κ1) is 79.5. The van der Waals surface area contributed by atoms with E-state index in [9.17, 15) is 19.0 Å². The first-order valence-corrected chi connectivity index (χ1v) is 36.2. The molecule has 0 rings (SSSR count). The van der Waals surface area contributed by atoms with Crippen LogP contribution >= 0.6 is 7.82 Å². The number of rotatable bonds is 63. The zero-order chi connectivity index (χ0) is 60.0. The number of phosphoric acid groups is 1. The summed E-state index contributed by atoms with van der Waals surface area (Å²) in [6.07, 6.45) is 80.1. The van der Waals surface area contributed by atoms with Gasteiger partial charge in [0, 0.05) is 12.8 Å². The van der Waals surface area contributed by atoms with Crippen molar-refractivity contribution in [2.75, 3.05) is 40.9 Å². The molecule has 0 aliphatic heterocycles. The van der Waals surface area contributed by atoms with Crippen LogP contribution in [0.1, 0.15) is 323 Å². The molecule has 1 N–H and O–H groups in total. The van der Waals surface area contributed by atoms with Gasteiger partial charge in [-0.05, 0) is 102 Å². The molecule has 0 saturated carbocycles. The average molecular weight is 1170 g/mol. The Kier molecular flexibility index (Phi) is 59.6. The fourth-order valence-electron chi connectivity index (χ4n) is 9.97. The molecule has 9 nitrogen and oxygen atoms in total. The molecule has 82 heavy (non-hydrogen) atoms. The number of nitrogens with zero attached hydrogens (tertiary/aromatic N) is 1. The molecular formula is C72H133N2O7P. The van der Waals surface area contributed by atoms with Crippen molar-refractivity contribution in [3.05, 3.63) is 72.9 Å². The molecule has 0 aliphatic carbocycles. The fourth-order valence-corrected chi connectivity index (χ4v) is 10.7. The highest BCUT2D eigenvalue weighted by atomic mass is 31.2. The molecule has 10 heteroatoms. The van der Waals surface area contributed by atoms with Crippen LogP contribution < -0.4 is 10.2 Å².